The molecule has 4 rings (SSSR count). The van der Waals surface area contributed by atoms with Crippen molar-refractivity contribution in [2.75, 3.05) is 26.3 Å². The number of likely N-dealkylation sites (tertiary alicyclic amines) is 1. The van der Waals surface area contributed by atoms with Gasteiger partial charge in [-0.3, -0.25) is 4.79 Å². The largest absolute Gasteiger partial charge is 0.430 e. The summed E-state index contributed by atoms with van der Waals surface area (Å²) in [6, 6.07) is 13.0. The van der Waals surface area contributed by atoms with Gasteiger partial charge in [0.1, 0.15) is 17.5 Å². The molecule has 1 atom stereocenters. The molecule has 252 valence electrons. The smallest absolute Gasteiger partial charge is 0.395 e. The number of halogens is 9. The number of aliphatic hydroxyl groups is 2. The summed E-state index contributed by atoms with van der Waals surface area (Å²) in [5.41, 5.74) is -8.12. The normalized spacial score (nSPS) is 15.8. The van der Waals surface area contributed by atoms with Gasteiger partial charge in [-0.05, 0) is 49.7 Å². The van der Waals surface area contributed by atoms with Gasteiger partial charge < -0.3 is 19.8 Å². The molecule has 15 heteroatoms. The van der Waals surface area contributed by atoms with E-state index in [0.717, 1.165) is 29.5 Å². The summed E-state index contributed by atoms with van der Waals surface area (Å²) in [4.78, 5) is 15.0. The van der Waals surface area contributed by atoms with Crippen LogP contribution in [0.25, 0.3) is 0 Å². The highest BCUT2D eigenvalue weighted by atomic mass is 32.2. The van der Waals surface area contributed by atoms with Gasteiger partial charge in [0.25, 0.3) is 5.60 Å². The molecule has 3 aromatic rings. The Bertz CT molecular complexity index is 1400. The van der Waals surface area contributed by atoms with Crippen LogP contribution >= 0.6 is 11.8 Å². The fourth-order valence-electron chi connectivity index (χ4n) is 4.54. The fourth-order valence-corrected chi connectivity index (χ4v) is 5.70. The van der Waals surface area contributed by atoms with Gasteiger partial charge >= 0.3 is 12.4 Å². The lowest BCUT2D eigenvalue weighted by atomic mass is 9.91. The Morgan fingerprint density at radius 1 is 0.848 bits per heavy atom. The lowest BCUT2D eigenvalue weighted by Crippen LogP contribution is -2.55. The number of carbonyl (C=O) groups is 1. The van der Waals surface area contributed by atoms with Crippen molar-refractivity contribution in [1.82, 2.24) is 4.90 Å². The zero-order valence-corrected chi connectivity index (χ0v) is 25.0. The standard InChI is InChI=1S/C16H10F8O.C15H20FNO3S/c17-12-7-4-8-13(18)11(12)9-25-14(15(19,20)21,16(22,23)24)10-5-2-1-3-6-10;1-15(9-18,10-19)14(20)17-7-6-13(8-17)21-12-4-2-11(16)3-5-12/h1-8H,9H2;2-5,13,18-19H,6-10H2,1H3. The van der Waals surface area contributed by atoms with E-state index in [4.69, 9.17) is 0 Å². The van der Waals surface area contributed by atoms with E-state index in [1.807, 2.05) is 0 Å². The van der Waals surface area contributed by atoms with Gasteiger partial charge in [-0.1, -0.05) is 36.4 Å². The molecule has 1 aliphatic rings. The van der Waals surface area contributed by atoms with Gasteiger partial charge in [0.05, 0.1) is 25.2 Å². The molecule has 3 aromatic carbocycles. The van der Waals surface area contributed by atoms with E-state index in [1.165, 1.54) is 18.2 Å². The average Bonchev–Trinajstić information content (AvgIpc) is 3.47. The van der Waals surface area contributed by atoms with Gasteiger partial charge in [0.15, 0.2) is 0 Å². The summed E-state index contributed by atoms with van der Waals surface area (Å²) >= 11 is 1.62. The Hall–Kier alpha value is -3.27. The number of ether oxygens (including phenoxy) is 1. The molecular formula is C31H30F9NO4S. The first-order valence-electron chi connectivity index (χ1n) is 13.7. The van der Waals surface area contributed by atoms with Gasteiger partial charge in [-0.25, -0.2) is 13.2 Å². The molecule has 0 saturated carbocycles. The fraction of sp³-hybridized carbons (Fsp3) is 0.387. The summed E-state index contributed by atoms with van der Waals surface area (Å²) in [5, 5.41) is 18.8. The first-order chi connectivity index (χ1) is 21.5. The van der Waals surface area contributed by atoms with E-state index in [2.05, 4.69) is 4.74 Å². The van der Waals surface area contributed by atoms with E-state index in [9.17, 15) is 54.5 Å². The zero-order chi connectivity index (χ0) is 34.3. The minimum Gasteiger partial charge on any atom is -0.395 e. The summed E-state index contributed by atoms with van der Waals surface area (Å²) in [5.74, 6) is -3.10. The Balaban J connectivity index is 0.000000254. The first kappa shape index (κ1) is 37.2. The third kappa shape index (κ3) is 8.35. The molecule has 1 heterocycles. The molecule has 1 amide bonds. The van der Waals surface area contributed by atoms with Crippen LogP contribution in [0.3, 0.4) is 0 Å². The van der Waals surface area contributed by atoms with Crippen LogP contribution in [-0.4, -0.2) is 64.9 Å². The van der Waals surface area contributed by atoms with Crippen molar-refractivity contribution >= 4 is 17.7 Å². The minimum atomic E-state index is -5.92. The molecule has 1 aliphatic heterocycles. The molecule has 1 unspecified atom stereocenters. The van der Waals surface area contributed by atoms with Crippen molar-refractivity contribution in [3.05, 3.63) is 101 Å². The Kier molecular flexibility index (Phi) is 12.2. The molecule has 0 aromatic heterocycles. The van der Waals surface area contributed by atoms with Crippen LogP contribution in [0, 0.1) is 22.9 Å². The highest BCUT2D eigenvalue weighted by Gasteiger charge is 2.73. The number of carbonyl (C=O) groups excluding carboxylic acids is 1. The Morgan fingerprint density at radius 2 is 1.39 bits per heavy atom. The number of thioether (sulfide) groups is 1. The topological polar surface area (TPSA) is 70.0 Å². The maximum absolute atomic E-state index is 13.5. The molecule has 5 nitrogen and oxygen atoms in total. The van der Waals surface area contributed by atoms with Crippen LogP contribution in [-0.2, 0) is 21.7 Å². The maximum atomic E-state index is 13.5. The van der Waals surface area contributed by atoms with Crippen LogP contribution in [0.1, 0.15) is 24.5 Å². The monoisotopic (exact) mass is 683 g/mol. The van der Waals surface area contributed by atoms with E-state index in [-0.39, 0.29) is 30.2 Å². The quantitative estimate of drug-likeness (QED) is 0.238. The molecular weight excluding hydrogens is 653 g/mol. The summed E-state index contributed by atoms with van der Waals surface area (Å²) in [6.45, 7) is 0.467. The van der Waals surface area contributed by atoms with Crippen molar-refractivity contribution in [1.29, 1.82) is 0 Å². The first-order valence-corrected chi connectivity index (χ1v) is 14.6. The lowest BCUT2D eigenvalue weighted by molar-refractivity contribution is -0.392. The minimum absolute atomic E-state index is 0.213. The number of rotatable bonds is 9. The summed E-state index contributed by atoms with van der Waals surface area (Å²) in [6.07, 6.45) is -11.0. The number of hydrogen-bond donors (Lipinski definition) is 2. The Morgan fingerprint density at radius 3 is 1.89 bits per heavy atom. The second-order valence-corrected chi connectivity index (χ2v) is 12.0. The van der Waals surface area contributed by atoms with Gasteiger partial charge in [0.2, 0.25) is 5.91 Å². The highest BCUT2D eigenvalue weighted by Crippen LogP contribution is 2.53. The molecule has 0 radical (unpaired) electrons. The predicted molar refractivity (Wildman–Crippen MR) is 151 cm³/mol. The number of amides is 1. The third-order valence-corrected chi connectivity index (χ3v) is 8.50. The van der Waals surface area contributed by atoms with Crippen molar-refractivity contribution in [3.8, 4) is 0 Å². The Labute approximate surface area is 263 Å². The molecule has 1 saturated heterocycles. The van der Waals surface area contributed by atoms with E-state index >= 15 is 0 Å². The van der Waals surface area contributed by atoms with Gasteiger partial charge in [-0.2, -0.15) is 26.3 Å². The van der Waals surface area contributed by atoms with Crippen LogP contribution in [0.5, 0.6) is 0 Å². The van der Waals surface area contributed by atoms with Crippen molar-refractivity contribution in [2.24, 2.45) is 5.41 Å². The van der Waals surface area contributed by atoms with Crippen molar-refractivity contribution in [3.63, 3.8) is 0 Å². The summed E-state index contributed by atoms with van der Waals surface area (Å²) in [7, 11) is 0. The van der Waals surface area contributed by atoms with Crippen LogP contribution in [0.4, 0.5) is 39.5 Å². The second kappa shape index (κ2) is 15.1. The van der Waals surface area contributed by atoms with E-state index < -0.39 is 52.7 Å². The maximum Gasteiger partial charge on any atom is 0.430 e. The number of alkyl halides is 6. The van der Waals surface area contributed by atoms with Crippen LogP contribution < -0.4 is 0 Å². The predicted octanol–water partition coefficient (Wildman–Crippen LogP) is 7.01. The number of benzene rings is 3. The van der Waals surface area contributed by atoms with Crippen molar-refractivity contribution in [2.45, 2.75) is 48.1 Å². The highest BCUT2D eigenvalue weighted by molar-refractivity contribution is 8.00. The van der Waals surface area contributed by atoms with E-state index in [1.54, 1.807) is 35.7 Å². The zero-order valence-electron chi connectivity index (χ0n) is 24.2. The van der Waals surface area contributed by atoms with Gasteiger partial charge in [0, 0.05) is 34.4 Å². The number of aliphatic hydroxyl groups excluding tert-OH is 2. The molecule has 46 heavy (non-hydrogen) atoms. The van der Waals surface area contributed by atoms with Crippen LogP contribution in [0.2, 0.25) is 0 Å². The van der Waals surface area contributed by atoms with Crippen LogP contribution in [0.15, 0.2) is 77.7 Å². The molecule has 0 aliphatic carbocycles. The SMILES string of the molecule is CC(CO)(CO)C(=O)N1CCC(Sc2ccc(F)cc2)C1.Fc1cccc(F)c1COC(c1ccccc1)(C(F)(F)F)C(F)(F)F. The van der Waals surface area contributed by atoms with Crippen molar-refractivity contribution < 1.29 is 59.3 Å². The lowest BCUT2D eigenvalue weighted by Gasteiger charge is -2.37. The van der Waals surface area contributed by atoms with Gasteiger partial charge in [-0.15, -0.1) is 11.8 Å². The third-order valence-electron chi connectivity index (χ3n) is 7.24. The summed E-state index contributed by atoms with van der Waals surface area (Å²) < 4.78 is 125. The number of hydrogen-bond acceptors (Lipinski definition) is 5. The molecule has 2 N–H and O–H groups in total. The molecule has 1 fully saturated rings. The molecule has 0 spiro atoms. The average molecular weight is 684 g/mol. The molecule has 0 bridgehead atoms. The number of nitrogens with zero attached hydrogens (tertiary/aromatic N) is 1. The second-order valence-electron chi connectivity index (χ2n) is 10.6. The van der Waals surface area contributed by atoms with E-state index in [0.29, 0.717) is 37.4 Å².